The van der Waals surface area contributed by atoms with Crippen molar-refractivity contribution < 1.29 is 4.92 Å². The van der Waals surface area contributed by atoms with E-state index in [9.17, 15) is 10.1 Å². The van der Waals surface area contributed by atoms with Crippen LogP contribution in [0.5, 0.6) is 0 Å². The molecule has 0 amide bonds. The summed E-state index contributed by atoms with van der Waals surface area (Å²) in [7, 11) is 0. The Kier molecular flexibility index (Phi) is 2.38. The van der Waals surface area contributed by atoms with Crippen LogP contribution >= 0.6 is 0 Å². The molecule has 0 N–H and O–H groups in total. The number of hydrogen-bond acceptors (Lipinski definition) is 3. The molecular formula is C18H18N2O2. The van der Waals surface area contributed by atoms with E-state index in [2.05, 4.69) is 29.2 Å². The van der Waals surface area contributed by atoms with Crippen LogP contribution in [0, 0.1) is 22.0 Å². The highest BCUT2D eigenvalue weighted by Gasteiger charge is 2.45. The second kappa shape index (κ2) is 4.22. The van der Waals surface area contributed by atoms with E-state index in [0.717, 1.165) is 31.5 Å². The van der Waals surface area contributed by atoms with Gasteiger partial charge in [0.1, 0.15) is 0 Å². The van der Waals surface area contributed by atoms with Crippen LogP contribution in [0.1, 0.15) is 35.8 Å². The van der Waals surface area contributed by atoms with Gasteiger partial charge in [0.05, 0.1) is 16.2 Å². The maximum atomic E-state index is 11.6. The van der Waals surface area contributed by atoms with Crippen LogP contribution in [0.2, 0.25) is 0 Å². The van der Waals surface area contributed by atoms with Crippen molar-refractivity contribution in [3.8, 4) is 0 Å². The molecule has 2 aliphatic heterocycles. The Morgan fingerprint density at radius 2 is 1.73 bits per heavy atom. The lowest BCUT2D eigenvalue weighted by atomic mass is 9.74. The minimum Gasteiger partial charge on any atom is -0.370 e. The van der Waals surface area contributed by atoms with Gasteiger partial charge in [0.25, 0.3) is 5.69 Å². The molecule has 4 atom stereocenters. The van der Waals surface area contributed by atoms with Crippen LogP contribution in [0.3, 0.4) is 0 Å². The quantitative estimate of drug-likeness (QED) is 0.450. The van der Waals surface area contributed by atoms with Gasteiger partial charge in [-0.1, -0.05) is 24.3 Å². The van der Waals surface area contributed by atoms with E-state index in [0.29, 0.717) is 23.4 Å². The number of nitro groups is 1. The largest absolute Gasteiger partial charge is 0.370 e. The minimum absolute atomic E-state index is 0.196. The molecule has 22 heavy (non-hydrogen) atoms. The fourth-order valence-corrected chi connectivity index (χ4v) is 5.02. The van der Waals surface area contributed by atoms with Crippen LogP contribution in [0.15, 0.2) is 36.4 Å². The molecule has 4 heteroatoms. The molecule has 2 heterocycles. The summed E-state index contributed by atoms with van der Waals surface area (Å²) in [5.74, 6) is 1.83. The smallest absolute Gasteiger partial charge is 0.275 e. The molecule has 112 valence electrons. The Bertz CT molecular complexity index is 735. The average Bonchev–Trinajstić information content (AvgIpc) is 3.15. The maximum absolute atomic E-state index is 11.6. The lowest BCUT2D eigenvalue weighted by Crippen LogP contribution is -2.43. The summed E-state index contributed by atoms with van der Waals surface area (Å²) in [5, 5.41) is 11.6. The van der Waals surface area contributed by atoms with Gasteiger partial charge in [-0.2, -0.15) is 0 Å². The highest BCUT2D eigenvalue weighted by atomic mass is 16.6. The minimum atomic E-state index is -0.196. The Hall–Kier alpha value is -2.10. The highest BCUT2D eigenvalue weighted by molar-refractivity contribution is 5.73. The molecular weight excluding hydrogens is 276 g/mol. The van der Waals surface area contributed by atoms with Gasteiger partial charge in [-0.25, -0.2) is 0 Å². The number of hydrogen-bond donors (Lipinski definition) is 0. The second-order valence-corrected chi connectivity index (χ2v) is 7.00. The van der Waals surface area contributed by atoms with Crippen molar-refractivity contribution in [2.45, 2.75) is 24.7 Å². The van der Waals surface area contributed by atoms with Crippen molar-refractivity contribution in [2.24, 2.45) is 11.8 Å². The number of rotatable bonds is 1. The third kappa shape index (κ3) is 1.47. The molecule has 4 aliphatic rings. The summed E-state index contributed by atoms with van der Waals surface area (Å²) in [5.41, 5.74) is 3.77. The van der Waals surface area contributed by atoms with Gasteiger partial charge < -0.3 is 4.90 Å². The summed E-state index contributed by atoms with van der Waals surface area (Å²) in [6.45, 7) is 2.09. The first-order chi connectivity index (χ1) is 10.7. The average molecular weight is 294 g/mol. The van der Waals surface area contributed by atoms with Gasteiger partial charge in [0, 0.05) is 31.0 Å². The van der Waals surface area contributed by atoms with Gasteiger partial charge in [-0.15, -0.1) is 0 Å². The van der Waals surface area contributed by atoms with Crippen LogP contribution < -0.4 is 4.90 Å². The van der Waals surface area contributed by atoms with Crippen molar-refractivity contribution in [1.82, 2.24) is 0 Å². The Balaban J connectivity index is 1.78. The Labute approximate surface area is 129 Å². The third-order valence-corrected chi connectivity index (χ3v) is 5.92. The third-order valence-electron chi connectivity index (χ3n) is 5.92. The molecule has 0 fully saturated rings. The first-order valence-electron chi connectivity index (χ1n) is 8.13. The standard InChI is InChI=1S/C18H18N2O2/c21-20(22)16-8-7-15-13-5-1-3-11(13)9-19-10-12-4-2-6-14(12)17(16)18(15)19/h1-2,5-8,11-14H,3-4,9-10H2/t11-,12+,13-,14+/m0/s1. The molecule has 2 aliphatic carbocycles. The summed E-state index contributed by atoms with van der Waals surface area (Å²) in [4.78, 5) is 13.8. The van der Waals surface area contributed by atoms with Gasteiger partial charge in [0.15, 0.2) is 0 Å². The molecule has 0 unspecified atom stereocenters. The Morgan fingerprint density at radius 1 is 1.05 bits per heavy atom. The predicted molar refractivity (Wildman–Crippen MR) is 85.3 cm³/mol. The summed E-state index contributed by atoms with van der Waals surface area (Å²) >= 11 is 0. The topological polar surface area (TPSA) is 46.4 Å². The number of anilines is 1. The molecule has 0 spiro atoms. The zero-order valence-corrected chi connectivity index (χ0v) is 12.3. The zero-order valence-electron chi connectivity index (χ0n) is 12.3. The molecule has 0 bridgehead atoms. The van der Waals surface area contributed by atoms with E-state index in [4.69, 9.17) is 0 Å². The summed E-state index contributed by atoms with van der Waals surface area (Å²) in [6, 6.07) is 3.75. The van der Waals surface area contributed by atoms with Crippen LogP contribution in [-0.2, 0) is 0 Å². The molecule has 1 aromatic rings. The normalized spacial score (nSPS) is 33.5. The van der Waals surface area contributed by atoms with Gasteiger partial charge in [-0.3, -0.25) is 10.1 Å². The van der Waals surface area contributed by atoms with E-state index in [1.807, 2.05) is 6.07 Å². The van der Waals surface area contributed by atoms with Crippen molar-refractivity contribution in [1.29, 1.82) is 0 Å². The molecule has 0 radical (unpaired) electrons. The molecule has 0 saturated heterocycles. The van der Waals surface area contributed by atoms with E-state index < -0.39 is 0 Å². The number of allylic oxidation sites excluding steroid dienone is 4. The number of nitro benzene ring substituents is 1. The molecule has 5 rings (SSSR count). The molecule has 0 saturated carbocycles. The SMILES string of the molecule is O=[N+]([O-])c1ccc2c3c1[C@@H]1C=CC[C@@H]1CN3C[C@@H]1CC=C[C@H]21. The fourth-order valence-electron chi connectivity index (χ4n) is 5.02. The lowest BCUT2D eigenvalue weighted by Gasteiger charge is -2.45. The Morgan fingerprint density at radius 3 is 2.45 bits per heavy atom. The van der Waals surface area contributed by atoms with E-state index in [-0.39, 0.29) is 10.8 Å². The highest BCUT2D eigenvalue weighted by Crippen LogP contribution is 2.55. The van der Waals surface area contributed by atoms with E-state index in [1.165, 1.54) is 11.3 Å². The predicted octanol–water partition coefficient (Wildman–Crippen LogP) is 3.75. The number of nitrogens with zero attached hydrogens (tertiary/aromatic N) is 2. The van der Waals surface area contributed by atoms with Crippen LogP contribution in [0.25, 0.3) is 0 Å². The van der Waals surface area contributed by atoms with Crippen molar-refractivity contribution >= 4 is 11.4 Å². The maximum Gasteiger partial charge on any atom is 0.275 e. The van der Waals surface area contributed by atoms with Gasteiger partial charge in [0.2, 0.25) is 0 Å². The van der Waals surface area contributed by atoms with Crippen LogP contribution in [0.4, 0.5) is 11.4 Å². The monoisotopic (exact) mass is 294 g/mol. The summed E-state index contributed by atoms with van der Waals surface area (Å²) < 4.78 is 0. The van der Waals surface area contributed by atoms with Crippen LogP contribution in [-0.4, -0.2) is 18.0 Å². The molecule has 0 aromatic heterocycles. The van der Waals surface area contributed by atoms with Crippen molar-refractivity contribution in [3.05, 3.63) is 57.7 Å². The number of fused-ring (bicyclic) bond motifs is 4. The van der Waals surface area contributed by atoms with Crippen molar-refractivity contribution in [3.63, 3.8) is 0 Å². The first-order valence-corrected chi connectivity index (χ1v) is 8.13. The summed E-state index contributed by atoms with van der Waals surface area (Å²) in [6.07, 6.45) is 11.2. The van der Waals surface area contributed by atoms with Gasteiger partial charge >= 0.3 is 0 Å². The van der Waals surface area contributed by atoms with E-state index in [1.54, 1.807) is 6.07 Å². The lowest BCUT2D eigenvalue weighted by molar-refractivity contribution is -0.385. The number of benzene rings is 1. The first kappa shape index (κ1) is 12.4. The second-order valence-electron chi connectivity index (χ2n) is 7.00. The van der Waals surface area contributed by atoms with Gasteiger partial charge in [-0.05, 0) is 36.3 Å². The van der Waals surface area contributed by atoms with E-state index >= 15 is 0 Å². The molecule has 1 aromatic carbocycles. The fraction of sp³-hybridized carbons (Fsp3) is 0.444. The van der Waals surface area contributed by atoms with Crippen molar-refractivity contribution in [2.75, 3.05) is 18.0 Å². The zero-order chi connectivity index (χ0) is 14.8. The molecule has 4 nitrogen and oxygen atoms in total.